The minimum Gasteiger partial charge on any atom is -0.276 e. The van der Waals surface area contributed by atoms with Crippen molar-refractivity contribution in [3.63, 3.8) is 0 Å². The van der Waals surface area contributed by atoms with Crippen LogP contribution in [-0.4, -0.2) is 28.7 Å². The molecule has 1 N–H and O–H groups in total. The molecule has 0 aromatic heterocycles. The highest BCUT2D eigenvalue weighted by Crippen LogP contribution is 2.34. The van der Waals surface area contributed by atoms with E-state index in [1.165, 1.54) is 6.07 Å². The SMILES string of the molecule is CCC1(c2ccccc2)C(=O)NC(=O)N(C(=O)c2ccccc2I)C1=O. The number of urea groups is 1. The molecule has 1 unspecified atom stereocenters. The van der Waals surface area contributed by atoms with Gasteiger partial charge in [-0.25, -0.2) is 4.79 Å². The smallest absolute Gasteiger partial charge is 0.276 e. The van der Waals surface area contributed by atoms with Crippen molar-refractivity contribution in [2.24, 2.45) is 0 Å². The number of carbonyl (C=O) groups is 4. The molecular formula is C19H15IN2O4. The number of amides is 5. The summed E-state index contributed by atoms with van der Waals surface area (Å²) in [4.78, 5) is 51.7. The van der Waals surface area contributed by atoms with E-state index >= 15 is 0 Å². The van der Waals surface area contributed by atoms with Crippen LogP contribution >= 0.6 is 22.6 Å². The Balaban J connectivity index is 2.12. The van der Waals surface area contributed by atoms with Crippen molar-refractivity contribution in [3.8, 4) is 0 Å². The molecule has 1 saturated heterocycles. The lowest BCUT2D eigenvalue weighted by atomic mass is 9.74. The number of halogens is 1. The van der Waals surface area contributed by atoms with Crippen LogP contribution in [0.2, 0.25) is 0 Å². The van der Waals surface area contributed by atoms with Crippen LogP contribution in [0, 0.1) is 3.57 Å². The number of carbonyl (C=O) groups excluding carboxylic acids is 4. The van der Waals surface area contributed by atoms with Gasteiger partial charge in [-0.1, -0.05) is 49.4 Å². The van der Waals surface area contributed by atoms with Gasteiger partial charge in [-0.2, -0.15) is 4.90 Å². The fourth-order valence-electron chi connectivity index (χ4n) is 3.07. The normalized spacial score (nSPS) is 20.1. The quantitative estimate of drug-likeness (QED) is 0.432. The van der Waals surface area contributed by atoms with E-state index < -0.39 is 29.2 Å². The van der Waals surface area contributed by atoms with Crippen molar-refractivity contribution in [2.45, 2.75) is 18.8 Å². The van der Waals surface area contributed by atoms with Crippen LogP contribution in [0.5, 0.6) is 0 Å². The number of benzene rings is 2. The fraction of sp³-hybridized carbons (Fsp3) is 0.158. The number of imide groups is 4. The summed E-state index contributed by atoms with van der Waals surface area (Å²) in [5.74, 6) is -2.30. The molecule has 7 heteroatoms. The van der Waals surface area contributed by atoms with E-state index in [2.05, 4.69) is 5.32 Å². The molecule has 2 aromatic carbocycles. The molecule has 6 nitrogen and oxygen atoms in total. The lowest BCUT2D eigenvalue weighted by Gasteiger charge is -2.38. The van der Waals surface area contributed by atoms with Crippen LogP contribution in [0.25, 0.3) is 0 Å². The Morgan fingerprint density at radius 2 is 1.65 bits per heavy atom. The first-order chi connectivity index (χ1) is 12.4. The first-order valence-corrected chi connectivity index (χ1v) is 9.05. The van der Waals surface area contributed by atoms with Gasteiger partial charge in [0, 0.05) is 3.57 Å². The van der Waals surface area contributed by atoms with Crippen molar-refractivity contribution in [3.05, 3.63) is 69.3 Å². The first kappa shape index (κ1) is 18.2. The number of rotatable bonds is 3. The van der Waals surface area contributed by atoms with Gasteiger partial charge in [-0.15, -0.1) is 0 Å². The minimum atomic E-state index is -1.62. The van der Waals surface area contributed by atoms with Crippen molar-refractivity contribution >= 4 is 46.3 Å². The summed E-state index contributed by atoms with van der Waals surface area (Å²) in [6.45, 7) is 1.68. The molecule has 1 atom stereocenters. The zero-order valence-electron chi connectivity index (χ0n) is 13.9. The van der Waals surface area contributed by atoms with Crippen LogP contribution in [0.4, 0.5) is 4.79 Å². The molecule has 0 spiro atoms. The van der Waals surface area contributed by atoms with Crippen molar-refractivity contribution in [1.82, 2.24) is 10.2 Å². The van der Waals surface area contributed by atoms with Gasteiger partial charge in [0.1, 0.15) is 0 Å². The molecule has 1 heterocycles. The van der Waals surface area contributed by atoms with Gasteiger partial charge in [-0.05, 0) is 46.7 Å². The summed E-state index contributed by atoms with van der Waals surface area (Å²) in [7, 11) is 0. The molecular weight excluding hydrogens is 447 g/mol. The van der Waals surface area contributed by atoms with Crippen molar-refractivity contribution in [2.75, 3.05) is 0 Å². The maximum absolute atomic E-state index is 13.2. The summed E-state index contributed by atoms with van der Waals surface area (Å²) in [6, 6.07) is 14.1. The second-order valence-electron chi connectivity index (χ2n) is 5.81. The zero-order valence-corrected chi connectivity index (χ0v) is 16.0. The largest absolute Gasteiger partial charge is 0.338 e. The number of nitrogens with zero attached hydrogens (tertiary/aromatic N) is 1. The second kappa shape index (κ2) is 6.99. The summed E-state index contributed by atoms with van der Waals surface area (Å²) in [6.07, 6.45) is 0.116. The van der Waals surface area contributed by atoms with Gasteiger partial charge in [0.2, 0.25) is 5.91 Å². The van der Waals surface area contributed by atoms with Crippen LogP contribution < -0.4 is 5.32 Å². The van der Waals surface area contributed by atoms with E-state index in [0.29, 0.717) is 14.0 Å². The Hall–Kier alpha value is -2.55. The van der Waals surface area contributed by atoms with Gasteiger partial charge in [0.05, 0.1) is 5.56 Å². The van der Waals surface area contributed by atoms with Crippen LogP contribution in [0.15, 0.2) is 54.6 Å². The molecule has 26 heavy (non-hydrogen) atoms. The lowest BCUT2D eigenvalue weighted by Crippen LogP contribution is -2.67. The van der Waals surface area contributed by atoms with E-state index in [4.69, 9.17) is 0 Å². The highest BCUT2D eigenvalue weighted by Gasteiger charge is 2.55. The maximum atomic E-state index is 13.2. The van der Waals surface area contributed by atoms with Crippen molar-refractivity contribution < 1.29 is 19.2 Å². The predicted molar refractivity (Wildman–Crippen MR) is 102 cm³/mol. The predicted octanol–water partition coefficient (Wildman–Crippen LogP) is 2.86. The van der Waals surface area contributed by atoms with E-state index in [0.717, 1.165) is 0 Å². The molecule has 0 radical (unpaired) electrons. The molecule has 1 aliphatic heterocycles. The third kappa shape index (κ3) is 2.72. The summed E-state index contributed by atoms with van der Waals surface area (Å²) in [5, 5.41) is 2.17. The molecule has 5 amide bonds. The molecule has 3 rings (SSSR count). The average molecular weight is 462 g/mol. The Labute approximate surface area is 163 Å². The van der Waals surface area contributed by atoms with E-state index in [-0.39, 0.29) is 12.0 Å². The Morgan fingerprint density at radius 1 is 1.04 bits per heavy atom. The number of hydrogen-bond acceptors (Lipinski definition) is 4. The van der Waals surface area contributed by atoms with Gasteiger partial charge in [0.25, 0.3) is 11.8 Å². The molecule has 0 aliphatic carbocycles. The topological polar surface area (TPSA) is 83.6 Å². The molecule has 0 saturated carbocycles. The first-order valence-electron chi connectivity index (χ1n) is 7.97. The Kier molecular flexibility index (Phi) is 4.90. The highest BCUT2D eigenvalue weighted by atomic mass is 127. The third-order valence-electron chi connectivity index (χ3n) is 4.48. The fourth-order valence-corrected chi connectivity index (χ4v) is 3.69. The molecule has 1 fully saturated rings. The summed E-state index contributed by atoms with van der Waals surface area (Å²) < 4.78 is 0.606. The highest BCUT2D eigenvalue weighted by molar-refractivity contribution is 14.1. The summed E-state index contributed by atoms with van der Waals surface area (Å²) in [5.41, 5.74) is -0.951. The Morgan fingerprint density at radius 3 is 2.27 bits per heavy atom. The Bertz CT molecular complexity index is 913. The molecule has 132 valence electrons. The van der Waals surface area contributed by atoms with Gasteiger partial charge in [0.15, 0.2) is 5.41 Å². The van der Waals surface area contributed by atoms with Crippen LogP contribution in [0.1, 0.15) is 29.3 Å². The minimum absolute atomic E-state index is 0.116. The van der Waals surface area contributed by atoms with E-state index in [1.54, 1.807) is 55.5 Å². The van der Waals surface area contributed by atoms with Gasteiger partial charge in [-0.3, -0.25) is 19.7 Å². The lowest BCUT2D eigenvalue weighted by molar-refractivity contribution is -0.143. The average Bonchev–Trinajstić information content (AvgIpc) is 2.63. The number of nitrogens with one attached hydrogen (secondary N) is 1. The summed E-state index contributed by atoms with van der Waals surface area (Å²) >= 11 is 1.96. The molecule has 1 aliphatic rings. The zero-order chi connectivity index (χ0) is 18.9. The molecule has 0 bridgehead atoms. The standard InChI is InChI=1S/C19H15IN2O4/c1-2-19(12-8-4-3-5-9-12)16(24)21-18(26)22(17(19)25)15(23)13-10-6-7-11-14(13)20/h3-11H,2H2,1H3,(H,21,24,26). The van der Waals surface area contributed by atoms with Gasteiger partial charge >= 0.3 is 6.03 Å². The third-order valence-corrected chi connectivity index (χ3v) is 5.42. The second-order valence-corrected chi connectivity index (χ2v) is 6.97. The molecule has 2 aromatic rings. The monoisotopic (exact) mass is 462 g/mol. The maximum Gasteiger partial charge on any atom is 0.338 e. The number of hydrogen-bond donors (Lipinski definition) is 1. The number of barbiturate groups is 1. The van der Waals surface area contributed by atoms with Crippen molar-refractivity contribution in [1.29, 1.82) is 0 Å². The van der Waals surface area contributed by atoms with Gasteiger partial charge < -0.3 is 0 Å². The van der Waals surface area contributed by atoms with Crippen LogP contribution in [0.3, 0.4) is 0 Å². The van der Waals surface area contributed by atoms with E-state index in [9.17, 15) is 19.2 Å². The van der Waals surface area contributed by atoms with E-state index in [1.807, 2.05) is 22.6 Å². The van der Waals surface area contributed by atoms with Crippen LogP contribution in [-0.2, 0) is 15.0 Å².